The van der Waals surface area contributed by atoms with Gasteiger partial charge in [0.15, 0.2) is 0 Å². The van der Waals surface area contributed by atoms with Gasteiger partial charge >= 0.3 is 0 Å². The molecule has 2 aromatic carbocycles. The Balaban J connectivity index is 1.67. The van der Waals surface area contributed by atoms with E-state index in [0.29, 0.717) is 55.7 Å². The quantitative estimate of drug-likeness (QED) is 0.675. The van der Waals surface area contributed by atoms with E-state index in [1.54, 1.807) is 30.3 Å². The van der Waals surface area contributed by atoms with E-state index in [-0.39, 0.29) is 10.8 Å². The lowest BCUT2D eigenvalue weighted by Crippen LogP contribution is -2.46. The van der Waals surface area contributed by atoms with Crippen LogP contribution < -0.4 is 10.1 Å². The van der Waals surface area contributed by atoms with Crippen LogP contribution in [0.4, 0.5) is 5.69 Å². The minimum absolute atomic E-state index is 0.229. The molecule has 3 rings (SSSR count). The third-order valence-electron chi connectivity index (χ3n) is 5.30. The van der Waals surface area contributed by atoms with E-state index in [1.807, 2.05) is 13.1 Å². The summed E-state index contributed by atoms with van der Waals surface area (Å²) in [6.07, 6.45) is 0.902. The zero-order chi connectivity index (χ0) is 22.4. The van der Waals surface area contributed by atoms with E-state index in [1.165, 1.54) is 16.4 Å². The Morgan fingerprint density at radius 1 is 1.03 bits per heavy atom. The van der Waals surface area contributed by atoms with Gasteiger partial charge in [0, 0.05) is 31.9 Å². The number of ether oxygens (including phenoxy) is 1. The monoisotopic (exact) mass is 445 g/mol. The van der Waals surface area contributed by atoms with Crippen molar-refractivity contribution in [2.24, 2.45) is 5.92 Å². The lowest BCUT2D eigenvalue weighted by Gasteiger charge is -2.31. The van der Waals surface area contributed by atoms with Crippen molar-refractivity contribution >= 4 is 21.6 Å². The number of nitrogens with zero attached hydrogens (tertiary/aromatic N) is 2. The number of rotatable bonds is 8. The molecule has 1 aliphatic heterocycles. The summed E-state index contributed by atoms with van der Waals surface area (Å²) < 4.78 is 33.0. The zero-order valence-electron chi connectivity index (χ0n) is 18.4. The molecule has 0 saturated carbocycles. The summed E-state index contributed by atoms with van der Waals surface area (Å²) >= 11 is 0. The summed E-state index contributed by atoms with van der Waals surface area (Å²) in [5.41, 5.74) is 0.972. The van der Waals surface area contributed by atoms with Crippen LogP contribution in [0.3, 0.4) is 0 Å². The Morgan fingerprint density at radius 3 is 2.32 bits per heavy atom. The molecule has 0 aromatic heterocycles. The molecule has 0 atom stereocenters. The molecule has 7 nitrogen and oxygen atoms in total. The summed E-state index contributed by atoms with van der Waals surface area (Å²) in [5.74, 6) is 0.756. The molecule has 1 aliphatic rings. The molecular weight excluding hydrogens is 414 g/mol. The average Bonchev–Trinajstić information content (AvgIpc) is 2.74. The van der Waals surface area contributed by atoms with Crippen molar-refractivity contribution < 1.29 is 17.9 Å². The van der Waals surface area contributed by atoms with Gasteiger partial charge < -0.3 is 15.0 Å². The first kappa shape index (κ1) is 23.2. The average molecular weight is 446 g/mol. The van der Waals surface area contributed by atoms with E-state index in [9.17, 15) is 13.2 Å². The molecule has 8 heteroatoms. The number of benzene rings is 2. The number of nitrogens with one attached hydrogen (secondary N) is 1. The van der Waals surface area contributed by atoms with Crippen molar-refractivity contribution in [3.05, 3.63) is 54.1 Å². The summed E-state index contributed by atoms with van der Waals surface area (Å²) in [7, 11) is -1.55. The van der Waals surface area contributed by atoms with Gasteiger partial charge in [-0.1, -0.05) is 26.0 Å². The number of hydrogen-bond acceptors (Lipinski definition) is 5. The maximum atomic E-state index is 12.8. The van der Waals surface area contributed by atoms with E-state index < -0.39 is 10.0 Å². The second-order valence-corrected chi connectivity index (χ2v) is 10.2. The lowest BCUT2D eigenvalue weighted by atomic mass is 10.1. The summed E-state index contributed by atoms with van der Waals surface area (Å²) in [5, 5.41) is 2.83. The Bertz CT molecular complexity index is 982. The first-order valence-electron chi connectivity index (χ1n) is 10.6. The van der Waals surface area contributed by atoms with Gasteiger partial charge in [0.2, 0.25) is 10.0 Å². The largest absolute Gasteiger partial charge is 0.493 e. The molecule has 0 bridgehead atoms. The van der Waals surface area contributed by atoms with Crippen LogP contribution in [0.5, 0.6) is 5.75 Å². The van der Waals surface area contributed by atoms with Crippen molar-refractivity contribution in [2.75, 3.05) is 45.2 Å². The lowest BCUT2D eigenvalue weighted by molar-refractivity contribution is 0.102. The Hall–Kier alpha value is -2.42. The highest BCUT2D eigenvalue weighted by Gasteiger charge is 2.27. The van der Waals surface area contributed by atoms with E-state index in [0.717, 1.165) is 6.42 Å². The molecule has 168 valence electrons. The molecule has 0 radical (unpaired) electrons. The van der Waals surface area contributed by atoms with E-state index >= 15 is 0 Å². The third kappa shape index (κ3) is 6.06. The van der Waals surface area contributed by atoms with Crippen molar-refractivity contribution in [3.8, 4) is 5.75 Å². The highest BCUT2D eigenvalue weighted by atomic mass is 32.2. The second kappa shape index (κ2) is 10.3. The van der Waals surface area contributed by atoms with Crippen molar-refractivity contribution in [1.82, 2.24) is 9.21 Å². The number of hydrogen-bond donors (Lipinski definition) is 1. The number of anilines is 1. The topological polar surface area (TPSA) is 78.9 Å². The first-order valence-corrected chi connectivity index (χ1v) is 12.0. The maximum absolute atomic E-state index is 12.8. The van der Waals surface area contributed by atoms with Crippen molar-refractivity contribution in [2.45, 2.75) is 25.2 Å². The van der Waals surface area contributed by atoms with Crippen LogP contribution in [0.1, 0.15) is 30.6 Å². The molecule has 1 amide bonds. The van der Waals surface area contributed by atoms with Gasteiger partial charge in [-0.15, -0.1) is 0 Å². The summed E-state index contributed by atoms with van der Waals surface area (Å²) in [4.78, 5) is 15.1. The molecule has 0 unspecified atom stereocenters. The molecule has 1 N–H and O–H groups in total. The molecular formula is C23H31N3O4S. The number of piperazine rings is 1. The highest BCUT2D eigenvalue weighted by molar-refractivity contribution is 7.89. The van der Waals surface area contributed by atoms with Crippen LogP contribution in [0.15, 0.2) is 53.4 Å². The van der Waals surface area contributed by atoms with Crippen LogP contribution in [-0.4, -0.2) is 63.4 Å². The van der Waals surface area contributed by atoms with Gasteiger partial charge in [-0.05, 0) is 55.8 Å². The number of carbonyl (C=O) groups excluding carboxylic acids is 1. The fourth-order valence-electron chi connectivity index (χ4n) is 3.27. The van der Waals surface area contributed by atoms with E-state index in [2.05, 4.69) is 24.1 Å². The van der Waals surface area contributed by atoms with Crippen LogP contribution in [0.2, 0.25) is 0 Å². The zero-order valence-corrected chi connectivity index (χ0v) is 19.2. The Kier molecular flexibility index (Phi) is 7.69. The minimum atomic E-state index is -3.53. The van der Waals surface area contributed by atoms with Gasteiger partial charge in [0.25, 0.3) is 5.91 Å². The SMILES string of the molecule is CC(C)CCOc1ccccc1C(=O)Nc1ccc(S(=O)(=O)N2CCN(C)CC2)cc1. The van der Waals surface area contributed by atoms with Crippen LogP contribution in [0, 0.1) is 5.92 Å². The number of sulfonamides is 1. The number of carbonyl (C=O) groups is 1. The van der Waals surface area contributed by atoms with E-state index in [4.69, 9.17) is 4.74 Å². The third-order valence-corrected chi connectivity index (χ3v) is 7.21. The minimum Gasteiger partial charge on any atom is -0.493 e. The normalized spacial score (nSPS) is 15.7. The number of likely N-dealkylation sites (N-methyl/N-ethyl adjacent to an activating group) is 1. The second-order valence-electron chi connectivity index (χ2n) is 8.21. The highest BCUT2D eigenvalue weighted by Crippen LogP contribution is 2.23. The molecule has 0 spiro atoms. The van der Waals surface area contributed by atoms with Gasteiger partial charge in [0.1, 0.15) is 5.75 Å². The summed E-state index contributed by atoms with van der Waals surface area (Å²) in [6, 6.07) is 13.4. The van der Waals surface area contributed by atoms with Crippen molar-refractivity contribution in [1.29, 1.82) is 0 Å². The molecule has 1 saturated heterocycles. The fraction of sp³-hybridized carbons (Fsp3) is 0.435. The Morgan fingerprint density at radius 2 is 1.68 bits per heavy atom. The van der Waals surface area contributed by atoms with Crippen LogP contribution >= 0.6 is 0 Å². The molecule has 1 heterocycles. The molecule has 0 aliphatic carbocycles. The van der Waals surface area contributed by atoms with Gasteiger partial charge in [0.05, 0.1) is 17.1 Å². The van der Waals surface area contributed by atoms with Crippen LogP contribution in [-0.2, 0) is 10.0 Å². The van der Waals surface area contributed by atoms with Gasteiger partial charge in [-0.3, -0.25) is 4.79 Å². The van der Waals surface area contributed by atoms with Crippen molar-refractivity contribution in [3.63, 3.8) is 0 Å². The molecule has 2 aromatic rings. The Labute approximate surface area is 185 Å². The predicted molar refractivity (Wildman–Crippen MR) is 122 cm³/mol. The predicted octanol–water partition coefficient (Wildman–Crippen LogP) is 3.30. The van der Waals surface area contributed by atoms with Gasteiger partial charge in [-0.2, -0.15) is 4.31 Å². The first-order chi connectivity index (χ1) is 14.8. The summed E-state index contributed by atoms with van der Waals surface area (Å²) in [6.45, 7) is 7.17. The van der Waals surface area contributed by atoms with Crippen LogP contribution in [0.25, 0.3) is 0 Å². The molecule has 1 fully saturated rings. The smallest absolute Gasteiger partial charge is 0.259 e. The molecule has 31 heavy (non-hydrogen) atoms. The fourth-order valence-corrected chi connectivity index (χ4v) is 4.69. The van der Waals surface area contributed by atoms with Gasteiger partial charge in [-0.25, -0.2) is 8.42 Å². The number of amides is 1. The standard InChI is InChI=1S/C23H31N3O4S/c1-18(2)12-17-30-22-7-5-4-6-21(22)23(27)24-19-8-10-20(11-9-19)31(28,29)26-15-13-25(3)14-16-26/h4-11,18H,12-17H2,1-3H3,(H,24,27). The maximum Gasteiger partial charge on any atom is 0.259 e. The number of para-hydroxylation sites is 1.